The first-order chi connectivity index (χ1) is 13.3. The van der Waals surface area contributed by atoms with Gasteiger partial charge >= 0.3 is 0 Å². The van der Waals surface area contributed by atoms with Crippen LogP contribution < -0.4 is 0 Å². The van der Waals surface area contributed by atoms with Gasteiger partial charge in [-0.15, -0.1) is 0 Å². The number of rotatable bonds is 17. The summed E-state index contributed by atoms with van der Waals surface area (Å²) in [6.07, 6.45) is -0.346. The van der Waals surface area contributed by atoms with E-state index in [1.54, 1.807) is 7.11 Å². The molecule has 0 bridgehead atoms. The molecule has 0 aromatic rings. The molecule has 0 aromatic heterocycles. The summed E-state index contributed by atoms with van der Waals surface area (Å²) in [6, 6.07) is 2.56. The van der Waals surface area contributed by atoms with Crippen LogP contribution in [-0.2, 0) is 27.6 Å². The van der Waals surface area contributed by atoms with E-state index in [0.29, 0.717) is 32.6 Å². The summed E-state index contributed by atoms with van der Waals surface area (Å²) < 4.78 is 36.8. The summed E-state index contributed by atoms with van der Waals surface area (Å²) in [7, 11) is -0.907. The molecule has 0 N–H and O–H groups in total. The summed E-state index contributed by atoms with van der Waals surface area (Å²) in [5.41, 5.74) is 0. The van der Waals surface area contributed by atoms with E-state index in [0.717, 1.165) is 0 Å². The highest BCUT2D eigenvalue weighted by molar-refractivity contribution is 7.47. The molecule has 0 rings (SSSR count). The first-order valence-corrected chi connectivity index (χ1v) is 12.2. The molecule has 0 aliphatic heterocycles. The normalized spacial score (nSPS) is 15.4. The second-order valence-corrected chi connectivity index (χ2v) is 9.27. The lowest BCUT2D eigenvalue weighted by atomic mass is 10.3. The van der Waals surface area contributed by atoms with Gasteiger partial charge in [-0.1, -0.05) is 0 Å². The Kier molecular flexibility index (Phi) is 16.9. The standard InChI is InChI=1S/C18H38N2O6P2/c1-9-23-27(24-10-2)14-22-18(21-8)17(7)26-28(25-13-11-12-19)20(15(3)4)16(5)6/h15-18H,9-11,13-14H2,1-8H3. The lowest BCUT2D eigenvalue weighted by Gasteiger charge is -2.37. The van der Waals surface area contributed by atoms with Crippen LogP contribution in [-0.4, -0.2) is 62.4 Å². The van der Waals surface area contributed by atoms with Gasteiger partial charge in [0.25, 0.3) is 8.53 Å². The highest BCUT2D eigenvalue weighted by atomic mass is 31.2. The van der Waals surface area contributed by atoms with Crippen LogP contribution in [0.1, 0.15) is 54.9 Å². The smallest absolute Gasteiger partial charge is 0.259 e. The van der Waals surface area contributed by atoms with Crippen molar-refractivity contribution in [3.8, 4) is 6.07 Å². The Morgan fingerprint density at radius 2 is 1.54 bits per heavy atom. The quantitative estimate of drug-likeness (QED) is 0.178. The molecular weight excluding hydrogens is 402 g/mol. The predicted molar refractivity (Wildman–Crippen MR) is 113 cm³/mol. The highest BCUT2D eigenvalue weighted by Crippen LogP contribution is 2.48. The minimum Gasteiger partial charge on any atom is -0.353 e. The van der Waals surface area contributed by atoms with Gasteiger partial charge in [0.05, 0.1) is 32.3 Å². The van der Waals surface area contributed by atoms with Gasteiger partial charge in [-0.25, -0.2) is 4.67 Å². The van der Waals surface area contributed by atoms with Gasteiger partial charge in [0, 0.05) is 19.2 Å². The molecule has 10 heteroatoms. The van der Waals surface area contributed by atoms with Crippen molar-refractivity contribution in [1.82, 2.24) is 4.67 Å². The topological polar surface area (TPSA) is 82.4 Å². The molecular formula is C18H38N2O6P2. The van der Waals surface area contributed by atoms with E-state index >= 15 is 0 Å². The van der Waals surface area contributed by atoms with Crippen LogP contribution in [0.3, 0.4) is 0 Å². The molecule has 28 heavy (non-hydrogen) atoms. The molecule has 0 aliphatic rings. The Morgan fingerprint density at radius 3 is 1.96 bits per heavy atom. The Balaban J connectivity index is 5.01. The van der Waals surface area contributed by atoms with E-state index in [1.165, 1.54) is 0 Å². The number of ether oxygens (including phenoxy) is 2. The molecule has 0 heterocycles. The maximum Gasteiger partial charge on any atom is 0.259 e. The Morgan fingerprint density at radius 1 is 0.964 bits per heavy atom. The average Bonchev–Trinajstić information content (AvgIpc) is 2.62. The summed E-state index contributed by atoms with van der Waals surface area (Å²) in [6.45, 7) is 15.6. The zero-order chi connectivity index (χ0) is 21.5. The third-order valence-corrected chi connectivity index (χ3v) is 7.09. The zero-order valence-corrected chi connectivity index (χ0v) is 20.4. The summed E-state index contributed by atoms with van der Waals surface area (Å²) in [4.78, 5) is 0. The molecule has 3 atom stereocenters. The second-order valence-electron chi connectivity index (χ2n) is 6.43. The third-order valence-electron chi connectivity index (χ3n) is 3.42. The minimum atomic E-state index is -1.37. The van der Waals surface area contributed by atoms with Gasteiger partial charge < -0.3 is 27.6 Å². The highest BCUT2D eigenvalue weighted by Gasteiger charge is 2.32. The Hall–Kier alpha value is 0.0700. The van der Waals surface area contributed by atoms with Crippen molar-refractivity contribution in [3.05, 3.63) is 0 Å². The van der Waals surface area contributed by atoms with E-state index < -0.39 is 23.2 Å². The molecule has 0 saturated heterocycles. The second kappa shape index (κ2) is 16.8. The Labute approximate surface area is 173 Å². The fraction of sp³-hybridized carbons (Fsp3) is 0.944. The van der Waals surface area contributed by atoms with E-state index in [2.05, 4.69) is 38.4 Å². The summed E-state index contributed by atoms with van der Waals surface area (Å²) >= 11 is 0. The summed E-state index contributed by atoms with van der Waals surface area (Å²) in [5.74, 6) is 0. The van der Waals surface area contributed by atoms with Crippen molar-refractivity contribution in [3.63, 3.8) is 0 Å². The lowest BCUT2D eigenvalue weighted by molar-refractivity contribution is -0.160. The van der Waals surface area contributed by atoms with Gasteiger partial charge in [-0.3, -0.25) is 0 Å². The van der Waals surface area contributed by atoms with Crippen LogP contribution in [0.4, 0.5) is 0 Å². The van der Waals surface area contributed by atoms with Crippen LogP contribution in [0.25, 0.3) is 0 Å². The van der Waals surface area contributed by atoms with E-state index in [4.69, 9.17) is 32.8 Å². The predicted octanol–water partition coefficient (Wildman–Crippen LogP) is 5.00. The maximum absolute atomic E-state index is 8.81. The van der Waals surface area contributed by atoms with Gasteiger partial charge in [-0.2, -0.15) is 5.26 Å². The van der Waals surface area contributed by atoms with Crippen LogP contribution in [0, 0.1) is 11.3 Å². The number of hydrogen-bond donors (Lipinski definition) is 0. The SMILES string of the molecule is CCOP(COC(OC)C(C)OP(OCCC#N)N(C(C)C)C(C)C)OCC. The lowest BCUT2D eigenvalue weighted by Crippen LogP contribution is -2.37. The van der Waals surface area contributed by atoms with Crippen LogP contribution in [0.15, 0.2) is 0 Å². The number of nitriles is 1. The van der Waals surface area contributed by atoms with Gasteiger partial charge in [0.1, 0.15) is 12.5 Å². The fourth-order valence-electron chi connectivity index (χ4n) is 2.42. The molecule has 0 fully saturated rings. The third kappa shape index (κ3) is 11.3. The van der Waals surface area contributed by atoms with Crippen molar-refractivity contribution in [2.24, 2.45) is 0 Å². The molecule has 0 radical (unpaired) electrons. The molecule has 8 nitrogen and oxygen atoms in total. The van der Waals surface area contributed by atoms with Gasteiger partial charge in [-0.05, 0) is 48.5 Å². The molecule has 3 unspecified atom stereocenters. The minimum absolute atomic E-state index is 0.228. The van der Waals surface area contributed by atoms with E-state index in [9.17, 15) is 0 Å². The summed E-state index contributed by atoms with van der Waals surface area (Å²) in [5, 5.41) is 8.81. The number of nitrogens with zero attached hydrogens (tertiary/aromatic N) is 2. The monoisotopic (exact) mass is 440 g/mol. The maximum atomic E-state index is 8.81. The number of hydrogen-bond acceptors (Lipinski definition) is 8. The average molecular weight is 440 g/mol. The van der Waals surface area contributed by atoms with Crippen LogP contribution in [0.5, 0.6) is 0 Å². The molecule has 0 aliphatic carbocycles. The van der Waals surface area contributed by atoms with Gasteiger partial charge in [0.2, 0.25) is 0 Å². The van der Waals surface area contributed by atoms with E-state index in [1.807, 2.05) is 20.8 Å². The van der Waals surface area contributed by atoms with E-state index in [-0.39, 0.29) is 18.2 Å². The van der Waals surface area contributed by atoms with Crippen LogP contribution in [0.2, 0.25) is 0 Å². The molecule has 0 aromatic carbocycles. The first kappa shape index (κ1) is 28.1. The molecule has 0 amide bonds. The van der Waals surface area contributed by atoms with Crippen molar-refractivity contribution in [1.29, 1.82) is 5.26 Å². The molecule has 0 spiro atoms. The van der Waals surface area contributed by atoms with Crippen LogP contribution >= 0.6 is 16.9 Å². The molecule has 166 valence electrons. The fourth-order valence-corrected chi connectivity index (χ4v) is 5.17. The first-order valence-electron chi connectivity index (χ1n) is 9.74. The van der Waals surface area contributed by atoms with Crippen molar-refractivity contribution in [2.45, 2.75) is 79.4 Å². The Bertz CT molecular complexity index is 411. The van der Waals surface area contributed by atoms with Gasteiger partial charge in [0.15, 0.2) is 14.7 Å². The largest absolute Gasteiger partial charge is 0.353 e. The molecule has 0 saturated carbocycles. The van der Waals surface area contributed by atoms with Crippen molar-refractivity contribution in [2.75, 3.05) is 33.3 Å². The number of methoxy groups -OCH3 is 1. The van der Waals surface area contributed by atoms with Crippen molar-refractivity contribution >= 4 is 16.9 Å². The van der Waals surface area contributed by atoms with Crippen molar-refractivity contribution < 1.29 is 27.6 Å². The zero-order valence-electron chi connectivity index (χ0n) is 18.6.